The minimum atomic E-state index is -0.831. The normalized spacial score (nSPS) is 13.9. The van der Waals surface area contributed by atoms with Gasteiger partial charge in [0.2, 0.25) is 0 Å². The van der Waals surface area contributed by atoms with Gasteiger partial charge in [-0.3, -0.25) is 0 Å². The first-order valence-corrected chi connectivity index (χ1v) is 7.84. The second kappa shape index (κ2) is 3.97. The highest BCUT2D eigenvalue weighted by Crippen LogP contribution is 2.17. The standard InChI is InChI=1S/C9H20Si/c1-6-9(7-2)8-10(3,4)5/h6H,7-8H2,1-5H3/b9-6+. The zero-order valence-corrected chi connectivity index (χ0v) is 8.99. The molecule has 0 aromatic rings. The maximum atomic E-state index is 2.42. The first kappa shape index (κ1) is 9.96. The minimum absolute atomic E-state index is 0.831. The summed E-state index contributed by atoms with van der Waals surface area (Å²) in [5.41, 5.74) is 1.64. The molecule has 0 saturated heterocycles. The van der Waals surface area contributed by atoms with E-state index in [4.69, 9.17) is 0 Å². The Morgan fingerprint density at radius 1 is 1.30 bits per heavy atom. The van der Waals surface area contributed by atoms with Gasteiger partial charge in [-0.1, -0.05) is 38.2 Å². The quantitative estimate of drug-likeness (QED) is 0.432. The summed E-state index contributed by atoms with van der Waals surface area (Å²) in [5, 5.41) is 0. The Bertz CT molecular complexity index is 117. The van der Waals surface area contributed by atoms with Crippen molar-refractivity contribution in [1.82, 2.24) is 0 Å². The Kier molecular flexibility index (Phi) is 3.95. The maximum Gasteiger partial charge on any atom is 0.0483 e. The zero-order valence-electron chi connectivity index (χ0n) is 7.99. The molecule has 0 unspecified atom stereocenters. The van der Waals surface area contributed by atoms with Gasteiger partial charge < -0.3 is 0 Å². The molecule has 0 spiro atoms. The topological polar surface area (TPSA) is 0 Å². The second-order valence-corrected chi connectivity index (χ2v) is 9.51. The zero-order chi connectivity index (χ0) is 8.20. The summed E-state index contributed by atoms with van der Waals surface area (Å²) in [6.07, 6.45) is 3.51. The number of hydrogen-bond donors (Lipinski definition) is 0. The number of hydrogen-bond acceptors (Lipinski definition) is 0. The molecule has 0 fully saturated rings. The average molecular weight is 156 g/mol. The summed E-state index contributed by atoms with van der Waals surface area (Å²) < 4.78 is 0. The molecule has 0 amide bonds. The van der Waals surface area contributed by atoms with Crippen LogP contribution in [0.1, 0.15) is 20.3 Å². The summed E-state index contributed by atoms with van der Waals surface area (Å²) >= 11 is 0. The Morgan fingerprint density at radius 2 is 1.80 bits per heavy atom. The maximum absolute atomic E-state index is 2.42. The van der Waals surface area contributed by atoms with E-state index in [9.17, 15) is 0 Å². The van der Waals surface area contributed by atoms with Crippen molar-refractivity contribution in [3.05, 3.63) is 11.6 Å². The van der Waals surface area contributed by atoms with Gasteiger partial charge in [-0.15, -0.1) is 0 Å². The molecule has 0 atom stereocenters. The molecule has 0 aromatic heterocycles. The molecule has 0 heterocycles. The van der Waals surface area contributed by atoms with Crippen LogP contribution in [0.5, 0.6) is 0 Å². The van der Waals surface area contributed by atoms with Crippen LogP contribution in [0, 0.1) is 0 Å². The Hall–Kier alpha value is -0.0431. The molecule has 0 aliphatic rings. The van der Waals surface area contributed by atoms with Gasteiger partial charge in [0.1, 0.15) is 0 Å². The third kappa shape index (κ3) is 4.80. The predicted molar refractivity (Wildman–Crippen MR) is 52.2 cm³/mol. The van der Waals surface area contributed by atoms with Crippen LogP contribution in [-0.2, 0) is 0 Å². The van der Waals surface area contributed by atoms with Crippen molar-refractivity contribution >= 4 is 8.07 Å². The molecule has 0 N–H and O–H groups in total. The molecule has 10 heavy (non-hydrogen) atoms. The SMILES string of the molecule is C/C=C(\CC)C[Si](C)(C)C. The molecule has 0 aliphatic carbocycles. The summed E-state index contributed by atoms with van der Waals surface area (Å²) in [6.45, 7) is 11.7. The average Bonchev–Trinajstić information content (AvgIpc) is 1.81. The van der Waals surface area contributed by atoms with Crippen LogP contribution < -0.4 is 0 Å². The molecule has 0 rings (SSSR count). The molecule has 0 radical (unpaired) electrons. The van der Waals surface area contributed by atoms with Crippen LogP contribution in [0.3, 0.4) is 0 Å². The van der Waals surface area contributed by atoms with E-state index in [1.807, 2.05) is 0 Å². The van der Waals surface area contributed by atoms with E-state index in [2.05, 4.69) is 39.6 Å². The summed E-state index contributed by atoms with van der Waals surface area (Å²) in [5.74, 6) is 0. The molecule has 0 saturated carbocycles. The minimum Gasteiger partial charge on any atom is -0.0888 e. The fraction of sp³-hybridized carbons (Fsp3) is 0.778. The molecular formula is C9H20Si. The van der Waals surface area contributed by atoms with Gasteiger partial charge in [-0.2, -0.15) is 0 Å². The molecule has 0 nitrogen and oxygen atoms in total. The highest BCUT2D eigenvalue weighted by atomic mass is 28.3. The molecule has 60 valence electrons. The van der Waals surface area contributed by atoms with Gasteiger partial charge in [0.05, 0.1) is 0 Å². The lowest BCUT2D eigenvalue weighted by Gasteiger charge is -2.16. The van der Waals surface area contributed by atoms with Crippen LogP contribution in [-0.4, -0.2) is 8.07 Å². The van der Waals surface area contributed by atoms with Crippen molar-refractivity contribution < 1.29 is 0 Å². The highest BCUT2D eigenvalue weighted by Gasteiger charge is 2.13. The van der Waals surface area contributed by atoms with Crippen molar-refractivity contribution in [2.45, 2.75) is 46.0 Å². The lowest BCUT2D eigenvalue weighted by Crippen LogP contribution is -2.19. The van der Waals surface area contributed by atoms with Crippen LogP contribution in [0.4, 0.5) is 0 Å². The van der Waals surface area contributed by atoms with E-state index in [1.54, 1.807) is 5.57 Å². The third-order valence-corrected chi connectivity index (χ3v) is 3.13. The van der Waals surface area contributed by atoms with E-state index in [0.29, 0.717) is 0 Å². The van der Waals surface area contributed by atoms with Crippen molar-refractivity contribution in [1.29, 1.82) is 0 Å². The van der Waals surface area contributed by atoms with Gasteiger partial charge >= 0.3 is 0 Å². The van der Waals surface area contributed by atoms with Gasteiger partial charge in [-0.25, -0.2) is 0 Å². The van der Waals surface area contributed by atoms with E-state index < -0.39 is 8.07 Å². The number of rotatable bonds is 3. The predicted octanol–water partition coefficient (Wildman–Crippen LogP) is 3.68. The van der Waals surface area contributed by atoms with Crippen LogP contribution in [0.2, 0.25) is 25.7 Å². The van der Waals surface area contributed by atoms with Gasteiger partial charge in [0.25, 0.3) is 0 Å². The monoisotopic (exact) mass is 156 g/mol. The van der Waals surface area contributed by atoms with Crippen LogP contribution >= 0.6 is 0 Å². The fourth-order valence-corrected chi connectivity index (χ4v) is 2.93. The van der Waals surface area contributed by atoms with E-state index in [1.165, 1.54) is 12.5 Å². The van der Waals surface area contributed by atoms with Gasteiger partial charge in [-0.05, 0) is 19.4 Å². The Balaban J connectivity index is 3.88. The highest BCUT2D eigenvalue weighted by molar-refractivity contribution is 6.76. The summed E-state index contributed by atoms with van der Waals surface area (Å²) in [6, 6.07) is 1.38. The van der Waals surface area contributed by atoms with Crippen molar-refractivity contribution in [3.8, 4) is 0 Å². The van der Waals surface area contributed by atoms with E-state index >= 15 is 0 Å². The Morgan fingerprint density at radius 3 is 1.90 bits per heavy atom. The fourth-order valence-electron chi connectivity index (χ4n) is 1.11. The molecule has 0 aliphatic heterocycles. The smallest absolute Gasteiger partial charge is 0.0483 e. The molecule has 1 heteroatoms. The molecular weight excluding hydrogens is 136 g/mol. The lowest BCUT2D eigenvalue weighted by molar-refractivity contribution is 1.07. The molecule has 0 aromatic carbocycles. The van der Waals surface area contributed by atoms with Crippen molar-refractivity contribution in [3.63, 3.8) is 0 Å². The summed E-state index contributed by atoms with van der Waals surface area (Å²) in [7, 11) is -0.831. The first-order chi connectivity index (χ1) is 4.49. The van der Waals surface area contributed by atoms with Crippen LogP contribution in [0.15, 0.2) is 11.6 Å². The largest absolute Gasteiger partial charge is 0.0888 e. The first-order valence-electron chi connectivity index (χ1n) is 4.13. The van der Waals surface area contributed by atoms with E-state index in [-0.39, 0.29) is 0 Å². The van der Waals surface area contributed by atoms with Crippen LogP contribution in [0.25, 0.3) is 0 Å². The molecule has 0 bridgehead atoms. The second-order valence-electron chi connectivity index (χ2n) is 4.04. The number of allylic oxidation sites excluding steroid dienone is 2. The Labute approximate surface area is 66.4 Å². The summed E-state index contributed by atoms with van der Waals surface area (Å²) in [4.78, 5) is 0. The van der Waals surface area contributed by atoms with E-state index in [0.717, 1.165) is 0 Å². The third-order valence-electron chi connectivity index (χ3n) is 1.62. The van der Waals surface area contributed by atoms with Crippen molar-refractivity contribution in [2.75, 3.05) is 0 Å². The van der Waals surface area contributed by atoms with Crippen molar-refractivity contribution in [2.24, 2.45) is 0 Å². The van der Waals surface area contributed by atoms with Gasteiger partial charge in [0, 0.05) is 8.07 Å². The van der Waals surface area contributed by atoms with Gasteiger partial charge in [0.15, 0.2) is 0 Å². The lowest BCUT2D eigenvalue weighted by atomic mass is 10.2.